The molecule has 222 valence electrons. The summed E-state index contributed by atoms with van der Waals surface area (Å²) in [5.41, 5.74) is 2.45. The quantitative estimate of drug-likeness (QED) is 0.219. The molecular formula is C32H28Cl2N2O6S. The summed E-state index contributed by atoms with van der Waals surface area (Å²) in [6.07, 6.45) is 1.68. The minimum absolute atomic E-state index is 0.167. The van der Waals surface area contributed by atoms with Gasteiger partial charge >= 0.3 is 5.97 Å². The number of methoxy groups -OCH3 is 2. The van der Waals surface area contributed by atoms with E-state index in [4.69, 9.17) is 42.1 Å². The van der Waals surface area contributed by atoms with E-state index in [1.165, 1.54) is 30.1 Å². The molecule has 0 saturated carbocycles. The minimum atomic E-state index is -0.825. The van der Waals surface area contributed by atoms with Gasteiger partial charge in [-0.25, -0.2) is 9.79 Å². The Hall–Kier alpha value is -4.05. The highest BCUT2D eigenvalue weighted by molar-refractivity contribution is 7.07. The normalized spacial score (nSPS) is 14.7. The zero-order valence-electron chi connectivity index (χ0n) is 23.9. The van der Waals surface area contributed by atoms with Crippen LogP contribution in [0.1, 0.15) is 36.6 Å². The second-order valence-corrected chi connectivity index (χ2v) is 11.3. The smallest absolute Gasteiger partial charge is 0.338 e. The van der Waals surface area contributed by atoms with Gasteiger partial charge in [0.1, 0.15) is 12.4 Å². The molecule has 4 aromatic rings. The van der Waals surface area contributed by atoms with Crippen LogP contribution in [-0.2, 0) is 16.1 Å². The average molecular weight is 640 g/mol. The Kier molecular flexibility index (Phi) is 9.25. The van der Waals surface area contributed by atoms with Crippen LogP contribution in [-0.4, -0.2) is 31.4 Å². The highest BCUT2D eigenvalue weighted by Gasteiger charge is 2.34. The first-order chi connectivity index (χ1) is 20.7. The van der Waals surface area contributed by atoms with Crippen LogP contribution < -0.4 is 29.1 Å². The van der Waals surface area contributed by atoms with Gasteiger partial charge in [-0.05, 0) is 55.3 Å². The lowest BCUT2D eigenvalue weighted by molar-refractivity contribution is -0.139. The van der Waals surface area contributed by atoms with Crippen molar-refractivity contribution >= 4 is 46.6 Å². The molecule has 0 saturated heterocycles. The fourth-order valence-corrected chi connectivity index (χ4v) is 6.44. The van der Waals surface area contributed by atoms with Gasteiger partial charge in [-0.1, -0.05) is 70.9 Å². The number of carbonyl (C=O) groups is 1. The number of allylic oxidation sites excluding steroid dienone is 1. The van der Waals surface area contributed by atoms with Gasteiger partial charge in [-0.2, -0.15) is 0 Å². The zero-order valence-corrected chi connectivity index (χ0v) is 26.2. The second kappa shape index (κ2) is 13.1. The van der Waals surface area contributed by atoms with E-state index in [0.29, 0.717) is 53.5 Å². The van der Waals surface area contributed by atoms with Gasteiger partial charge in [-0.15, -0.1) is 0 Å². The molecule has 11 heteroatoms. The maximum Gasteiger partial charge on any atom is 0.338 e. The number of fused-ring (bicyclic) bond motifs is 1. The lowest BCUT2D eigenvalue weighted by Gasteiger charge is -2.25. The van der Waals surface area contributed by atoms with Crippen molar-refractivity contribution in [1.29, 1.82) is 0 Å². The van der Waals surface area contributed by atoms with Crippen LogP contribution in [0.5, 0.6) is 17.2 Å². The van der Waals surface area contributed by atoms with Gasteiger partial charge in [0.05, 0.1) is 47.7 Å². The van der Waals surface area contributed by atoms with E-state index in [1.54, 1.807) is 50.3 Å². The average Bonchev–Trinajstić information content (AvgIpc) is 3.29. The van der Waals surface area contributed by atoms with E-state index >= 15 is 0 Å². The molecule has 1 aliphatic heterocycles. The maximum absolute atomic E-state index is 14.1. The molecule has 0 spiro atoms. The lowest BCUT2D eigenvalue weighted by atomic mass is 9.95. The topological polar surface area (TPSA) is 88.4 Å². The van der Waals surface area contributed by atoms with Crippen LogP contribution in [0.4, 0.5) is 0 Å². The molecule has 0 fully saturated rings. The van der Waals surface area contributed by atoms with Gasteiger partial charge in [0.2, 0.25) is 0 Å². The number of esters is 1. The van der Waals surface area contributed by atoms with Gasteiger partial charge in [0.25, 0.3) is 5.56 Å². The van der Waals surface area contributed by atoms with Crippen LogP contribution in [0.2, 0.25) is 10.0 Å². The van der Waals surface area contributed by atoms with Crippen molar-refractivity contribution in [3.05, 3.63) is 118 Å². The van der Waals surface area contributed by atoms with Crippen LogP contribution in [0, 0.1) is 0 Å². The molecule has 1 atom stereocenters. The predicted molar refractivity (Wildman–Crippen MR) is 167 cm³/mol. The van der Waals surface area contributed by atoms with Crippen molar-refractivity contribution in [3.63, 3.8) is 0 Å². The van der Waals surface area contributed by atoms with E-state index in [1.807, 2.05) is 30.3 Å². The molecule has 0 N–H and O–H groups in total. The Morgan fingerprint density at radius 1 is 1.05 bits per heavy atom. The molecule has 0 aliphatic carbocycles. The van der Waals surface area contributed by atoms with Crippen LogP contribution in [0.25, 0.3) is 6.08 Å². The number of nitrogens with zero attached hydrogens (tertiary/aromatic N) is 2. The van der Waals surface area contributed by atoms with Crippen LogP contribution >= 0.6 is 34.5 Å². The molecule has 0 unspecified atom stereocenters. The largest absolute Gasteiger partial charge is 0.493 e. The lowest BCUT2D eigenvalue weighted by Crippen LogP contribution is -2.40. The highest BCUT2D eigenvalue weighted by Crippen LogP contribution is 2.37. The SMILES string of the molecule is CCOC(=O)C1=C(C)N=c2sc(=Cc3cc(Cl)cc(Cl)c3OCc3ccccc3)c(=O)n2[C@@H]1c1ccc(OC)c(OC)c1. The summed E-state index contributed by atoms with van der Waals surface area (Å²) < 4.78 is 24.3. The molecule has 1 aliphatic rings. The number of hydrogen-bond donors (Lipinski definition) is 0. The number of hydrogen-bond acceptors (Lipinski definition) is 8. The number of thiazole rings is 1. The van der Waals surface area contributed by atoms with Crippen molar-refractivity contribution in [2.75, 3.05) is 20.8 Å². The van der Waals surface area contributed by atoms with Gasteiger partial charge in [0, 0.05) is 10.6 Å². The third kappa shape index (κ3) is 6.20. The summed E-state index contributed by atoms with van der Waals surface area (Å²) in [6.45, 7) is 3.89. The summed E-state index contributed by atoms with van der Waals surface area (Å²) >= 11 is 14.1. The summed E-state index contributed by atoms with van der Waals surface area (Å²) in [5, 5.41) is 0.700. The molecule has 8 nitrogen and oxygen atoms in total. The first-order valence-electron chi connectivity index (χ1n) is 13.3. The third-order valence-corrected chi connectivity index (χ3v) is 8.27. The van der Waals surface area contributed by atoms with Crippen LogP contribution in [0.3, 0.4) is 0 Å². The predicted octanol–water partition coefficient (Wildman–Crippen LogP) is 5.70. The molecule has 0 amide bonds. The molecule has 3 aromatic carbocycles. The number of rotatable bonds is 9. The Labute approximate surface area is 262 Å². The fourth-order valence-electron chi connectivity index (χ4n) is 4.84. The first kappa shape index (κ1) is 30.4. The van der Waals surface area contributed by atoms with E-state index in [-0.39, 0.29) is 24.3 Å². The van der Waals surface area contributed by atoms with Crippen molar-refractivity contribution in [2.45, 2.75) is 26.5 Å². The van der Waals surface area contributed by atoms with Crippen molar-refractivity contribution in [3.8, 4) is 17.2 Å². The number of ether oxygens (including phenoxy) is 4. The van der Waals surface area contributed by atoms with E-state index in [2.05, 4.69) is 4.99 Å². The summed E-state index contributed by atoms with van der Waals surface area (Å²) in [6, 6.07) is 17.4. The fraction of sp³-hybridized carbons (Fsp3) is 0.219. The van der Waals surface area contributed by atoms with Crippen molar-refractivity contribution in [2.24, 2.45) is 4.99 Å². The van der Waals surface area contributed by atoms with E-state index < -0.39 is 12.0 Å². The molecule has 1 aromatic heterocycles. The van der Waals surface area contributed by atoms with Gasteiger partial charge in [0.15, 0.2) is 16.3 Å². The summed E-state index contributed by atoms with van der Waals surface area (Å²) in [5.74, 6) is 0.795. The molecule has 5 rings (SSSR count). The Bertz CT molecular complexity index is 1900. The van der Waals surface area contributed by atoms with Crippen LogP contribution in [0.15, 0.2) is 81.7 Å². The molecule has 2 heterocycles. The number of carbonyl (C=O) groups excluding carboxylic acids is 1. The first-order valence-corrected chi connectivity index (χ1v) is 14.9. The number of benzene rings is 3. The van der Waals surface area contributed by atoms with Crippen molar-refractivity contribution in [1.82, 2.24) is 4.57 Å². The summed E-state index contributed by atoms with van der Waals surface area (Å²) in [4.78, 5) is 32.4. The van der Waals surface area contributed by atoms with Gasteiger partial charge < -0.3 is 18.9 Å². The Morgan fingerprint density at radius 2 is 1.79 bits per heavy atom. The highest BCUT2D eigenvalue weighted by atomic mass is 35.5. The van der Waals surface area contributed by atoms with E-state index in [9.17, 15) is 9.59 Å². The maximum atomic E-state index is 14.1. The monoisotopic (exact) mass is 638 g/mol. The Morgan fingerprint density at radius 3 is 2.49 bits per heavy atom. The second-order valence-electron chi connectivity index (χ2n) is 9.50. The number of aromatic nitrogens is 1. The van der Waals surface area contributed by atoms with Crippen molar-refractivity contribution < 1.29 is 23.7 Å². The molecule has 43 heavy (non-hydrogen) atoms. The number of halogens is 2. The third-order valence-electron chi connectivity index (χ3n) is 6.79. The van der Waals surface area contributed by atoms with Gasteiger partial charge in [-0.3, -0.25) is 9.36 Å². The molecule has 0 bridgehead atoms. The van der Waals surface area contributed by atoms with E-state index in [0.717, 1.165) is 5.56 Å². The zero-order chi connectivity index (χ0) is 30.7. The molecular weight excluding hydrogens is 611 g/mol. The minimum Gasteiger partial charge on any atom is -0.493 e. The molecule has 0 radical (unpaired) electrons. The summed E-state index contributed by atoms with van der Waals surface area (Å²) in [7, 11) is 3.06. The Balaban J connectivity index is 1.68. The standard InChI is InChI=1S/C32H28Cl2N2O6S/c1-5-41-31(38)27-18(2)35-32-36(28(27)20-11-12-24(39-3)25(14-20)40-4)30(37)26(43-32)15-21-13-22(33)16-23(34)29(21)42-17-19-9-7-6-8-10-19/h6-16,28H,5,17H2,1-4H3/t28-/m1/s1.